The lowest BCUT2D eigenvalue weighted by Crippen LogP contribution is -2.44. The summed E-state index contributed by atoms with van der Waals surface area (Å²) in [5.74, 6) is 0.120. The number of alkyl carbamates (subject to hydrolysis) is 1. The number of aliphatic hydroxyl groups excluding tert-OH is 1. The first-order chi connectivity index (χ1) is 17.0. The van der Waals surface area contributed by atoms with Crippen molar-refractivity contribution >= 4 is 23.3 Å². The van der Waals surface area contributed by atoms with Crippen LogP contribution in [0, 0.1) is 0 Å². The number of nitrogens with zero attached hydrogens (tertiary/aromatic N) is 1. The first kappa shape index (κ1) is 25.7. The second-order valence-electron chi connectivity index (χ2n) is 9.33. The highest BCUT2D eigenvalue weighted by atomic mass is 32.1. The number of nitrogens with one attached hydrogen (secondary N) is 1. The van der Waals surface area contributed by atoms with Crippen LogP contribution in [0.1, 0.15) is 66.8 Å². The molecule has 0 radical (unpaired) electrons. The Bertz CT molecular complexity index is 1010. The van der Waals surface area contributed by atoms with Crippen LogP contribution in [0.5, 0.6) is 0 Å². The second-order valence-corrected chi connectivity index (χ2v) is 10.5. The van der Waals surface area contributed by atoms with Crippen LogP contribution in [0.4, 0.5) is 4.79 Å². The van der Waals surface area contributed by atoms with Crippen molar-refractivity contribution < 1.29 is 24.2 Å². The van der Waals surface area contributed by atoms with Gasteiger partial charge in [-0.05, 0) is 74.6 Å². The van der Waals surface area contributed by atoms with E-state index in [9.17, 15) is 14.7 Å². The summed E-state index contributed by atoms with van der Waals surface area (Å²) < 4.78 is 10.5. The molecular formula is C27H36N2O5S. The fourth-order valence-corrected chi connectivity index (χ4v) is 6.05. The van der Waals surface area contributed by atoms with Crippen LogP contribution in [0.2, 0.25) is 0 Å². The molecule has 2 atom stereocenters. The molecule has 0 unspecified atom stereocenters. The van der Waals surface area contributed by atoms with Gasteiger partial charge in [-0.15, -0.1) is 11.3 Å². The largest absolute Gasteiger partial charge is 0.453 e. The Balaban J connectivity index is 1.60. The number of carbonyl (C=O) groups is 2. The summed E-state index contributed by atoms with van der Waals surface area (Å²) in [7, 11) is 1.36. The van der Waals surface area contributed by atoms with Gasteiger partial charge in [-0.2, -0.15) is 0 Å². The van der Waals surface area contributed by atoms with Crippen molar-refractivity contribution in [2.45, 2.75) is 76.7 Å². The summed E-state index contributed by atoms with van der Waals surface area (Å²) in [5.41, 5.74) is 2.99. The molecule has 2 N–H and O–H groups in total. The lowest BCUT2D eigenvalue weighted by Gasteiger charge is -2.33. The zero-order valence-corrected chi connectivity index (χ0v) is 21.4. The number of benzene rings is 1. The number of rotatable bonds is 10. The summed E-state index contributed by atoms with van der Waals surface area (Å²) in [6.07, 6.45) is 5.72. The molecule has 2 heterocycles. The Morgan fingerprint density at radius 1 is 1.23 bits per heavy atom. The summed E-state index contributed by atoms with van der Waals surface area (Å²) in [6.45, 7) is 3.26. The van der Waals surface area contributed by atoms with Gasteiger partial charge in [0.05, 0.1) is 19.8 Å². The summed E-state index contributed by atoms with van der Waals surface area (Å²) >= 11 is 1.72. The number of methoxy groups -OCH3 is 1. The van der Waals surface area contributed by atoms with Crippen LogP contribution in [0.3, 0.4) is 0 Å². The van der Waals surface area contributed by atoms with Crippen molar-refractivity contribution in [2.75, 3.05) is 20.3 Å². The minimum Gasteiger partial charge on any atom is -0.453 e. The zero-order chi connectivity index (χ0) is 24.8. The van der Waals surface area contributed by atoms with E-state index in [1.165, 1.54) is 12.0 Å². The molecule has 1 aromatic carbocycles. The molecule has 1 aliphatic carbocycles. The maximum atomic E-state index is 13.5. The van der Waals surface area contributed by atoms with Crippen molar-refractivity contribution in [3.8, 4) is 11.1 Å². The van der Waals surface area contributed by atoms with Gasteiger partial charge in [-0.3, -0.25) is 4.79 Å². The molecular weight excluding hydrogens is 464 g/mol. The van der Waals surface area contributed by atoms with Crippen molar-refractivity contribution in [1.82, 2.24) is 10.2 Å². The number of hydrogen-bond acceptors (Lipinski definition) is 6. The molecule has 0 spiro atoms. The molecule has 2 fully saturated rings. The molecule has 8 heteroatoms. The van der Waals surface area contributed by atoms with Crippen molar-refractivity contribution in [1.29, 1.82) is 0 Å². The summed E-state index contributed by atoms with van der Waals surface area (Å²) in [6, 6.07) is 10.3. The number of amides is 2. The van der Waals surface area contributed by atoms with Gasteiger partial charge in [-0.1, -0.05) is 24.3 Å². The number of hydrogen-bond donors (Lipinski definition) is 2. The van der Waals surface area contributed by atoms with E-state index in [-0.39, 0.29) is 30.7 Å². The number of carbonyl (C=O) groups excluding carboxylic acids is 2. The van der Waals surface area contributed by atoms with Crippen molar-refractivity contribution in [3.05, 3.63) is 45.6 Å². The average molecular weight is 501 g/mol. The third kappa shape index (κ3) is 6.23. The molecule has 0 bridgehead atoms. The first-order valence-electron chi connectivity index (χ1n) is 12.6. The lowest BCUT2D eigenvalue weighted by molar-refractivity contribution is -0.149. The van der Waals surface area contributed by atoms with E-state index in [0.29, 0.717) is 13.2 Å². The monoisotopic (exact) mass is 500 g/mol. The van der Waals surface area contributed by atoms with E-state index in [2.05, 4.69) is 27.9 Å². The summed E-state index contributed by atoms with van der Waals surface area (Å²) in [4.78, 5) is 29.3. The Kier molecular flexibility index (Phi) is 8.81. The van der Waals surface area contributed by atoms with Gasteiger partial charge in [-0.25, -0.2) is 4.79 Å². The average Bonchev–Trinajstić information content (AvgIpc) is 3.64. The van der Waals surface area contributed by atoms with E-state index in [1.807, 2.05) is 24.3 Å². The van der Waals surface area contributed by atoms with Crippen LogP contribution in [0.15, 0.2) is 30.3 Å². The molecule has 1 aliphatic heterocycles. The van der Waals surface area contributed by atoms with Gasteiger partial charge < -0.3 is 24.8 Å². The minimum atomic E-state index is -0.431. The van der Waals surface area contributed by atoms with E-state index in [1.54, 1.807) is 11.3 Å². The van der Waals surface area contributed by atoms with Gasteiger partial charge in [0.15, 0.2) is 0 Å². The maximum Gasteiger partial charge on any atom is 0.406 e. The minimum absolute atomic E-state index is 0.0358. The maximum absolute atomic E-state index is 13.5. The predicted octanol–water partition coefficient (Wildman–Crippen LogP) is 4.82. The highest BCUT2D eigenvalue weighted by Gasteiger charge is 2.40. The smallest absolute Gasteiger partial charge is 0.406 e. The van der Waals surface area contributed by atoms with E-state index in [0.717, 1.165) is 66.5 Å². The fourth-order valence-electron chi connectivity index (χ4n) is 4.78. The highest BCUT2D eigenvalue weighted by molar-refractivity contribution is 7.12. The van der Waals surface area contributed by atoms with E-state index >= 15 is 0 Å². The predicted molar refractivity (Wildman–Crippen MR) is 136 cm³/mol. The normalized spacial score (nSPS) is 18.7. The van der Waals surface area contributed by atoms with Gasteiger partial charge in [0.1, 0.15) is 6.10 Å². The number of ether oxygens (including phenoxy) is 2. The second kappa shape index (κ2) is 12.0. The number of aliphatic hydroxyl groups is 1. The van der Waals surface area contributed by atoms with Gasteiger partial charge in [0, 0.05) is 28.9 Å². The molecule has 1 saturated carbocycles. The van der Waals surface area contributed by atoms with Gasteiger partial charge in [0.2, 0.25) is 0 Å². The number of thiophene rings is 1. The molecule has 1 aromatic heterocycles. The quantitative estimate of drug-likeness (QED) is 0.457. The Labute approximate surface area is 211 Å². The SMILES string of the molecule is COC(=O)NCCCc1sc([C@@H](C)N(C(=O)[C@H]2CCCCO2)C2CC2)cc1-c1ccccc1CO. The van der Waals surface area contributed by atoms with Crippen molar-refractivity contribution in [2.24, 2.45) is 0 Å². The third-order valence-corrected chi connectivity index (χ3v) is 8.19. The zero-order valence-electron chi connectivity index (χ0n) is 20.6. The molecule has 2 aliphatic rings. The third-order valence-electron chi connectivity index (χ3n) is 6.82. The first-order valence-corrected chi connectivity index (χ1v) is 13.4. The van der Waals surface area contributed by atoms with Crippen LogP contribution in [-0.2, 0) is 27.3 Å². The molecule has 2 amide bonds. The molecule has 4 rings (SSSR count). The Morgan fingerprint density at radius 3 is 2.71 bits per heavy atom. The summed E-state index contributed by atoms with van der Waals surface area (Å²) in [5, 5.41) is 12.7. The number of aryl methyl sites for hydroxylation is 1. The van der Waals surface area contributed by atoms with Crippen LogP contribution in [-0.4, -0.2) is 54.4 Å². The fraction of sp³-hybridized carbons (Fsp3) is 0.556. The van der Waals surface area contributed by atoms with Crippen molar-refractivity contribution in [3.63, 3.8) is 0 Å². The molecule has 7 nitrogen and oxygen atoms in total. The molecule has 1 saturated heterocycles. The lowest BCUT2D eigenvalue weighted by atomic mass is 9.98. The topological polar surface area (TPSA) is 88.1 Å². The molecule has 190 valence electrons. The van der Waals surface area contributed by atoms with Crippen LogP contribution >= 0.6 is 11.3 Å². The van der Waals surface area contributed by atoms with E-state index in [4.69, 9.17) is 4.74 Å². The Morgan fingerprint density at radius 2 is 2.03 bits per heavy atom. The standard InChI is InChI=1S/C27H36N2O5S/c1-18(29(20-12-13-20)26(31)23-10-5-6-15-34-23)25-16-22(21-9-4-3-8-19(21)17-30)24(35-25)11-7-14-28-27(32)33-2/h3-4,8-9,16,18,20,23,30H,5-7,10-15,17H2,1-2H3,(H,28,32)/t18-,23-/m1/s1. The molecule has 35 heavy (non-hydrogen) atoms. The Hall–Kier alpha value is -2.42. The van der Waals surface area contributed by atoms with Crippen LogP contribution in [0.25, 0.3) is 11.1 Å². The van der Waals surface area contributed by atoms with Gasteiger partial charge in [0.25, 0.3) is 5.91 Å². The van der Waals surface area contributed by atoms with Gasteiger partial charge >= 0.3 is 6.09 Å². The highest BCUT2D eigenvalue weighted by Crippen LogP contribution is 2.42. The van der Waals surface area contributed by atoms with E-state index < -0.39 is 6.09 Å². The molecule has 2 aromatic rings. The van der Waals surface area contributed by atoms with Crippen LogP contribution < -0.4 is 5.32 Å².